The second-order valence-corrected chi connectivity index (χ2v) is 5.99. The number of carbonyl (C=O) groups is 1. The lowest BCUT2D eigenvalue weighted by Gasteiger charge is -2.19. The van der Waals surface area contributed by atoms with Gasteiger partial charge in [-0.3, -0.25) is 0 Å². The maximum absolute atomic E-state index is 12.4. The van der Waals surface area contributed by atoms with Crippen molar-refractivity contribution in [3.8, 4) is 0 Å². The Balaban J connectivity index is 2.30. The average Bonchev–Trinajstić information content (AvgIpc) is 3.04. The Hall–Kier alpha value is -2.10. The SMILES string of the molecule is CCC(CC)OC(=O)n1ccnc1[C@@H](C)c1cccc(C)c1C. The molecule has 2 aromatic rings. The molecule has 0 bridgehead atoms. The highest BCUT2D eigenvalue weighted by Gasteiger charge is 2.22. The van der Waals surface area contributed by atoms with Crippen molar-refractivity contribution in [3.63, 3.8) is 0 Å². The van der Waals surface area contributed by atoms with Crippen molar-refractivity contribution in [3.05, 3.63) is 53.1 Å². The zero-order valence-electron chi connectivity index (χ0n) is 14.7. The fourth-order valence-electron chi connectivity index (χ4n) is 2.83. The van der Waals surface area contributed by atoms with Gasteiger partial charge >= 0.3 is 6.09 Å². The van der Waals surface area contributed by atoms with E-state index in [0.717, 1.165) is 18.7 Å². The van der Waals surface area contributed by atoms with Gasteiger partial charge < -0.3 is 4.74 Å². The molecule has 1 aromatic heterocycles. The summed E-state index contributed by atoms with van der Waals surface area (Å²) < 4.78 is 7.09. The minimum absolute atomic E-state index is 0.0270. The van der Waals surface area contributed by atoms with Crippen molar-refractivity contribution >= 4 is 6.09 Å². The third kappa shape index (κ3) is 3.63. The molecule has 0 amide bonds. The molecule has 1 heterocycles. The van der Waals surface area contributed by atoms with Gasteiger partial charge in [-0.05, 0) is 43.4 Å². The van der Waals surface area contributed by atoms with Gasteiger partial charge in [0.1, 0.15) is 11.9 Å². The molecule has 0 spiro atoms. The number of ether oxygens (including phenoxy) is 1. The van der Waals surface area contributed by atoms with Gasteiger partial charge in [0.15, 0.2) is 0 Å². The van der Waals surface area contributed by atoms with Crippen LogP contribution in [0.4, 0.5) is 4.79 Å². The molecule has 1 atom stereocenters. The van der Waals surface area contributed by atoms with E-state index in [2.05, 4.69) is 37.9 Å². The van der Waals surface area contributed by atoms with Crippen molar-refractivity contribution in [2.24, 2.45) is 0 Å². The molecule has 4 heteroatoms. The van der Waals surface area contributed by atoms with E-state index in [1.807, 2.05) is 19.9 Å². The van der Waals surface area contributed by atoms with Crippen molar-refractivity contribution in [1.82, 2.24) is 9.55 Å². The number of rotatable bonds is 5. The summed E-state index contributed by atoms with van der Waals surface area (Å²) in [6, 6.07) is 6.24. The fraction of sp³-hybridized carbons (Fsp3) is 0.474. The van der Waals surface area contributed by atoms with E-state index in [-0.39, 0.29) is 18.1 Å². The normalized spacial score (nSPS) is 12.4. The summed E-state index contributed by atoms with van der Waals surface area (Å²) in [6.07, 6.45) is 4.59. The van der Waals surface area contributed by atoms with Crippen LogP contribution in [0.3, 0.4) is 0 Å². The molecule has 0 N–H and O–H groups in total. The first-order chi connectivity index (χ1) is 11.0. The summed E-state index contributed by atoms with van der Waals surface area (Å²) in [5.74, 6) is 0.744. The van der Waals surface area contributed by atoms with E-state index in [0.29, 0.717) is 0 Å². The van der Waals surface area contributed by atoms with Crippen molar-refractivity contribution in [2.45, 2.75) is 59.5 Å². The maximum atomic E-state index is 12.4. The second kappa shape index (κ2) is 7.44. The number of hydrogen-bond acceptors (Lipinski definition) is 3. The Morgan fingerprint density at radius 1 is 1.26 bits per heavy atom. The first-order valence-corrected chi connectivity index (χ1v) is 8.29. The molecule has 0 saturated carbocycles. The van der Waals surface area contributed by atoms with Crippen LogP contribution in [0.15, 0.2) is 30.6 Å². The molecular weight excluding hydrogens is 288 g/mol. The zero-order valence-corrected chi connectivity index (χ0v) is 14.7. The molecular formula is C19H26N2O2. The third-order valence-electron chi connectivity index (χ3n) is 4.54. The number of carbonyl (C=O) groups excluding carboxylic acids is 1. The van der Waals surface area contributed by atoms with Crippen LogP contribution in [0.1, 0.15) is 62.0 Å². The summed E-state index contributed by atoms with van der Waals surface area (Å²) in [4.78, 5) is 16.8. The lowest BCUT2D eigenvalue weighted by molar-refractivity contribution is 0.0935. The van der Waals surface area contributed by atoms with Crippen LogP contribution in [0, 0.1) is 13.8 Å². The predicted molar refractivity (Wildman–Crippen MR) is 91.9 cm³/mol. The van der Waals surface area contributed by atoms with E-state index >= 15 is 0 Å². The quantitative estimate of drug-likeness (QED) is 0.794. The lowest BCUT2D eigenvalue weighted by Crippen LogP contribution is -2.23. The highest BCUT2D eigenvalue weighted by Crippen LogP contribution is 2.27. The van der Waals surface area contributed by atoms with Crippen molar-refractivity contribution in [1.29, 1.82) is 0 Å². The van der Waals surface area contributed by atoms with Crippen LogP contribution in [0.5, 0.6) is 0 Å². The Kier molecular flexibility index (Phi) is 5.59. The summed E-state index contributed by atoms with van der Waals surface area (Å²) in [6.45, 7) is 10.3. The molecule has 0 radical (unpaired) electrons. The number of aromatic nitrogens is 2. The van der Waals surface area contributed by atoms with E-state index in [4.69, 9.17) is 4.74 Å². The van der Waals surface area contributed by atoms with Crippen molar-refractivity contribution in [2.75, 3.05) is 0 Å². The standard InChI is InChI=1S/C19H26N2O2/c1-6-16(7-2)23-19(22)21-12-11-20-18(21)15(5)17-10-8-9-13(3)14(17)4/h8-12,15-16H,6-7H2,1-5H3/t15-/m0/s1. The number of nitrogens with zero attached hydrogens (tertiary/aromatic N) is 2. The number of benzene rings is 1. The number of aryl methyl sites for hydroxylation is 1. The van der Waals surface area contributed by atoms with Gasteiger partial charge in [0, 0.05) is 18.3 Å². The predicted octanol–water partition coefficient (Wildman–Crippen LogP) is 4.83. The average molecular weight is 314 g/mol. The molecule has 0 aliphatic carbocycles. The molecule has 1 aromatic carbocycles. The van der Waals surface area contributed by atoms with Gasteiger partial charge in [-0.25, -0.2) is 14.3 Å². The van der Waals surface area contributed by atoms with Gasteiger partial charge in [0.05, 0.1) is 0 Å². The van der Waals surface area contributed by atoms with E-state index in [1.165, 1.54) is 21.3 Å². The lowest BCUT2D eigenvalue weighted by atomic mass is 9.93. The molecule has 4 nitrogen and oxygen atoms in total. The Labute approximate surface area is 138 Å². The second-order valence-electron chi connectivity index (χ2n) is 5.99. The minimum Gasteiger partial charge on any atom is -0.446 e. The topological polar surface area (TPSA) is 44.1 Å². The van der Waals surface area contributed by atoms with E-state index < -0.39 is 0 Å². The van der Waals surface area contributed by atoms with Gasteiger partial charge in [0.2, 0.25) is 0 Å². The third-order valence-corrected chi connectivity index (χ3v) is 4.54. The smallest absolute Gasteiger partial charge is 0.419 e. The zero-order chi connectivity index (χ0) is 17.0. The largest absolute Gasteiger partial charge is 0.446 e. The first kappa shape index (κ1) is 17.3. The Bertz CT molecular complexity index is 672. The number of imidazole rings is 1. The highest BCUT2D eigenvalue weighted by molar-refractivity contribution is 5.71. The van der Waals surface area contributed by atoms with Gasteiger partial charge in [-0.15, -0.1) is 0 Å². The monoisotopic (exact) mass is 314 g/mol. The van der Waals surface area contributed by atoms with Gasteiger partial charge in [-0.1, -0.05) is 39.0 Å². The van der Waals surface area contributed by atoms with Crippen LogP contribution in [0.2, 0.25) is 0 Å². The molecule has 0 aliphatic heterocycles. The van der Waals surface area contributed by atoms with Crippen LogP contribution < -0.4 is 0 Å². The van der Waals surface area contributed by atoms with Gasteiger partial charge in [0.25, 0.3) is 0 Å². The highest BCUT2D eigenvalue weighted by atomic mass is 16.6. The molecule has 0 unspecified atom stereocenters. The molecule has 2 rings (SSSR count). The molecule has 124 valence electrons. The Morgan fingerprint density at radius 3 is 2.61 bits per heavy atom. The van der Waals surface area contributed by atoms with Crippen LogP contribution in [0.25, 0.3) is 0 Å². The van der Waals surface area contributed by atoms with Crippen LogP contribution >= 0.6 is 0 Å². The van der Waals surface area contributed by atoms with E-state index in [1.54, 1.807) is 12.4 Å². The summed E-state index contributed by atoms with van der Waals surface area (Å²) in [5, 5.41) is 0. The summed E-state index contributed by atoms with van der Waals surface area (Å²) >= 11 is 0. The molecule has 0 saturated heterocycles. The summed E-state index contributed by atoms with van der Waals surface area (Å²) in [5.41, 5.74) is 3.67. The number of hydrogen-bond donors (Lipinski definition) is 0. The van der Waals surface area contributed by atoms with Crippen LogP contribution in [-0.4, -0.2) is 21.7 Å². The molecule has 0 fully saturated rings. The Morgan fingerprint density at radius 2 is 1.96 bits per heavy atom. The van der Waals surface area contributed by atoms with Crippen molar-refractivity contribution < 1.29 is 9.53 Å². The van der Waals surface area contributed by atoms with E-state index in [9.17, 15) is 4.79 Å². The molecule has 23 heavy (non-hydrogen) atoms. The molecule has 0 aliphatic rings. The minimum atomic E-state index is -0.344. The maximum Gasteiger partial charge on any atom is 0.419 e. The fourth-order valence-corrected chi connectivity index (χ4v) is 2.83. The van der Waals surface area contributed by atoms with Gasteiger partial charge in [-0.2, -0.15) is 0 Å². The summed E-state index contributed by atoms with van der Waals surface area (Å²) in [7, 11) is 0. The van der Waals surface area contributed by atoms with Crippen LogP contribution in [-0.2, 0) is 4.74 Å². The first-order valence-electron chi connectivity index (χ1n) is 8.29.